The molecule has 0 aromatic heterocycles. The van der Waals surface area contributed by atoms with E-state index in [0.29, 0.717) is 0 Å². The predicted molar refractivity (Wildman–Crippen MR) is 88.3 cm³/mol. The van der Waals surface area contributed by atoms with E-state index in [4.69, 9.17) is 59.2 Å². The van der Waals surface area contributed by atoms with Crippen molar-refractivity contribution in [3.63, 3.8) is 0 Å². The van der Waals surface area contributed by atoms with E-state index in [2.05, 4.69) is 0 Å². The average molecular weight is 405 g/mol. The number of rotatable bonds is 4. The van der Waals surface area contributed by atoms with Crippen LogP contribution in [0.2, 0.25) is 0 Å². The smallest absolute Gasteiger partial charge is 0.303 e. The van der Waals surface area contributed by atoms with Crippen molar-refractivity contribution in [2.24, 2.45) is 11.8 Å². The lowest BCUT2D eigenvalue weighted by atomic mass is 9.84. The fourth-order valence-electron chi connectivity index (χ4n) is 2.29. The molecule has 1 aliphatic rings. The van der Waals surface area contributed by atoms with E-state index in [9.17, 15) is 9.59 Å². The molecule has 0 aliphatic carbocycles. The molecular weight excluding hydrogens is 385 g/mol. The van der Waals surface area contributed by atoms with E-state index >= 15 is 0 Å². The fourth-order valence-corrected chi connectivity index (χ4v) is 2.42. The first-order valence-corrected chi connectivity index (χ1v) is 8.35. The van der Waals surface area contributed by atoms with Crippen LogP contribution in [0.3, 0.4) is 0 Å². The normalized spacial score (nSPS) is 30.4. The summed E-state index contributed by atoms with van der Waals surface area (Å²) in [7, 11) is 0. The summed E-state index contributed by atoms with van der Waals surface area (Å²) in [5.41, 5.74) is 0. The van der Waals surface area contributed by atoms with Gasteiger partial charge in [0.25, 0.3) is 3.79 Å². The third kappa shape index (κ3) is 5.95. The van der Waals surface area contributed by atoms with Gasteiger partial charge in [0, 0.05) is 25.7 Å². The van der Waals surface area contributed by atoms with Gasteiger partial charge in [0.05, 0.1) is 0 Å². The van der Waals surface area contributed by atoms with Crippen molar-refractivity contribution in [3.8, 4) is 0 Å². The quantitative estimate of drug-likeness (QED) is 0.335. The minimum atomic E-state index is -2.02. The van der Waals surface area contributed by atoms with Crippen LogP contribution in [0.5, 0.6) is 0 Å². The first-order valence-electron chi connectivity index (χ1n) is 7.22. The van der Waals surface area contributed by atoms with E-state index in [1.54, 1.807) is 6.92 Å². The van der Waals surface area contributed by atoms with E-state index in [1.165, 1.54) is 13.8 Å². The molecule has 0 radical (unpaired) electrons. The molecule has 0 spiro atoms. The van der Waals surface area contributed by atoms with E-state index in [1.807, 2.05) is 6.92 Å². The van der Waals surface area contributed by atoms with Crippen LogP contribution in [0.1, 0.15) is 27.7 Å². The van der Waals surface area contributed by atoms with Crippen molar-refractivity contribution in [1.82, 2.24) is 0 Å². The van der Waals surface area contributed by atoms with Gasteiger partial charge in [-0.05, 0) is 0 Å². The maximum Gasteiger partial charge on any atom is 0.303 e. The second-order valence-corrected chi connectivity index (χ2v) is 7.86. The van der Waals surface area contributed by atoms with Gasteiger partial charge in [-0.1, -0.05) is 48.7 Å². The number of carbonyl (C=O) groups excluding carboxylic acids is 2. The monoisotopic (exact) mass is 403 g/mol. The molecule has 1 unspecified atom stereocenters. The molecule has 0 aromatic carbocycles. The third-order valence-electron chi connectivity index (χ3n) is 3.70. The second kappa shape index (κ2) is 8.56. The molecule has 1 aliphatic heterocycles. The first kappa shape index (κ1) is 21.3. The molecule has 138 valence electrons. The number of esters is 2. The summed E-state index contributed by atoms with van der Waals surface area (Å²) < 4.78 is 19.2. The lowest BCUT2D eigenvalue weighted by molar-refractivity contribution is -0.252. The maximum absolute atomic E-state index is 11.3. The minimum Gasteiger partial charge on any atom is -0.463 e. The highest BCUT2D eigenvalue weighted by Gasteiger charge is 2.46. The summed E-state index contributed by atoms with van der Waals surface area (Å²) in [6, 6.07) is 0. The number of carbonyl (C=O) groups is 2. The lowest BCUT2D eigenvalue weighted by Gasteiger charge is -2.43. The molecule has 0 aromatic rings. The average Bonchev–Trinajstić information content (AvgIpc) is 2.43. The summed E-state index contributed by atoms with van der Waals surface area (Å²) in [5.74, 6) is -2.07. The van der Waals surface area contributed by atoms with Gasteiger partial charge in [-0.25, -0.2) is 0 Å². The van der Waals surface area contributed by atoms with Crippen LogP contribution in [0.25, 0.3) is 0 Å². The number of alkyl halides is 3. The molecule has 0 amide bonds. The Balaban J connectivity index is 2.92. The van der Waals surface area contributed by atoms with Crippen LogP contribution in [0.15, 0.2) is 0 Å². The molecule has 1 rings (SSSR count). The predicted octanol–water partition coefficient (Wildman–Crippen LogP) is 2.84. The highest BCUT2D eigenvalue weighted by molar-refractivity contribution is 6.76. The van der Waals surface area contributed by atoms with Gasteiger partial charge in [0.2, 0.25) is 12.2 Å². The molecule has 10 heteroatoms. The van der Waals surface area contributed by atoms with Gasteiger partial charge >= 0.3 is 11.9 Å². The topological polar surface area (TPSA) is 94.9 Å². The van der Waals surface area contributed by atoms with Crippen LogP contribution in [0, 0.1) is 17.2 Å². The number of hydrogen-bond acceptors (Lipinski definition) is 7. The highest BCUT2D eigenvalue weighted by atomic mass is 35.6. The highest BCUT2D eigenvalue weighted by Crippen LogP contribution is 2.36. The Morgan fingerprint density at radius 1 is 1.08 bits per heavy atom. The zero-order valence-corrected chi connectivity index (χ0v) is 15.9. The summed E-state index contributed by atoms with van der Waals surface area (Å²) in [4.78, 5) is 22.4. The van der Waals surface area contributed by atoms with Crippen molar-refractivity contribution in [3.05, 3.63) is 0 Å². The molecule has 1 heterocycles. The van der Waals surface area contributed by atoms with Crippen molar-refractivity contribution < 1.29 is 28.5 Å². The number of nitrogens with one attached hydrogen (secondary N) is 1. The van der Waals surface area contributed by atoms with E-state index in [0.717, 1.165) is 0 Å². The summed E-state index contributed by atoms with van der Waals surface area (Å²) in [5, 5.41) is 7.66. The van der Waals surface area contributed by atoms with Gasteiger partial charge in [-0.2, -0.15) is 0 Å². The molecule has 1 N–H and O–H groups in total. The Hall–Kier alpha value is -0.760. The molecule has 1 saturated heterocycles. The molecule has 24 heavy (non-hydrogen) atoms. The van der Waals surface area contributed by atoms with Crippen LogP contribution in [-0.4, -0.2) is 46.7 Å². The lowest BCUT2D eigenvalue weighted by Crippen LogP contribution is -2.54. The molecule has 0 bridgehead atoms. The Kier molecular flexibility index (Phi) is 7.59. The Morgan fingerprint density at radius 2 is 1.67 bits per heavy atom. The Bertz CT molecular complexity index is 495. The van der Waals surface area contributed by atoms with Crippen LogP contribution >= 0.6 is 34.8 Å². The zero-order chi connectivity index (χ0) is 18.7. The van der Waals surface area contributed by atoms with Gasteiger partial charge in [0.1, 0.15) is 18.8 Å². The van der Waals surface area contributed by atoms with Crippen LogP contribution in [0.4, 0.5) is 0 Å². The van der Waals surface area contributed by atoms with Gasteiger partial charge in [-0.15, -0.1) is 0 Å². The van der Waals surface area contributed by atoms with Crippen LogP contribution < -0.4 is 0 Å². The Morgan fingerprint density at radius 3 is 2.12 bits per heavy atom. The fraction of sp³-hybridized carbons (Fsp3) is 0.786. The Labute approximate surface area is 155 Å². The number of ether oxygens (including phenoxy) is 4. The second-order valence-electron chi connectivity index (χ2n) is 5.58. The van der Waals surface area contributed by atoms with Crippen molar-refractivity contribution in [2.45, 2.75) is 50.0 Å². The summed E-state index contributed by atoms with van der Waals surface area (Å²) >= 11 is 16.8. The van der Waals surface area contributed by atoms with Gasteiger partial charge in [-0.3, -0.25) is 15.0 Å². The minimum absolute atomic E-state index is 0.134. The third-order valence-corrected chi connectivity index (χ3v) is 4.21. The van der Waals surface area contributed by atoms with Gasteiger partial charge < -0.3 is 18.9 Å². The standard InChI is InChI=1S/C14H20Cl3NO6/c1-6-7(2)12(24-13(18)14(15,16)17)23-10(5-21-8(3)19)11(6)22-9(4)20/h6-7,10-12,18H,5H2,1-4H3/t6-,7-,10-,11+,12?/m1/s1. The molecular formula is C14H20Cl3NO6. The number of hydrogen-bond donors (Lipinski definition) is 1. The maximum atomic E-state index is 11.3. The molecule has 1 fully saturated rings. The van der Waals surface area contributed by atoms with Crippen molar-refractivity contribution in [1.29, 1.82) is 5.41 Å². The van der Waals surface area contributed by atoms with E-state index in [-0.39, 0.29) is 18.4 Å². The zero-order valence-electron chi connectivity index (χ0n) is 13.7. The van der Waals surface area contributed by atoms with Crippen molar-refractivity contribution >= 4 is 52.6 Å². The van der Waals surface area contributed by atoms with E-state index < -0.39 is 40.1 Å². The SMILES string of the molecule is CC(=O)OC[C@H]1OC(OC(=N)C(Cl)(Cl)Cl)[C@H](C)[C@@H](C)[C@@H]1OC(C)=O. The molecule has 7 nitrogen and oxygen atoms in total. The molecule has 0 saturated carbocycles. The van der Waals surface area contributed by atoms with Crippen molar-refractivity contribution in [2.75, 3.05) is 6.61 Å². The largest absolute Gasteiger partial charge is 0.463 e. The molecule has 5 atom stereocenters. The van der Waals surface area contributed by atoms with Crippen LogP contribution in [-0.2, 0) is 28.5 Å². The summed E-state index contributed by atoms with van der Waals surface area (Å²) in [6.07, 6.45) is -2.33. The summed E-state index contributed by atoms with van der Waals surface area (Å²) in [6.45, 7) is 6.02. The van der Waals surface area contributed by atoms with Gasteiger partial charge in [0.15, 0.2) is 0 Å². The number of halogens is 3. The first-order chi connectivity index (χ1) is 10.9.